The molecule has 7 nitrogen and oxygen atoms in total. The summed E-state index contributed by atoms with van der Waals surface area (Å²) < 4.78 is 6.97. The molecule has 2 aromatic carbocycles. The summed E-state index contributed by atoms with van der Waals surface area (Å²) in [7, 11) is 3.39. The second-order valence-electron chi connectivity index (χ2n) is 6.30. The van der Waals surface area contributed by atoms with E-state index >= 15 is 0 Å². The fourth-order valence-corrected chi connectivity index (χ4v) is 2.97. The third-order valence-corrected chi connectivity index (χ3v) is 4.46. The topological polar surface area (TPSA) is 76.5 Å². The first-order chi connectivity index (χ1) is 13.5. The molecule has 0 saturated carbocycles. The van der Waals surface area contributed by atoms with E-state index in [1.54, 1.807) is 36.4 Å². The van der Waals surface area contributed by atoms with E-state index in [0.717, 1.165) is 0 Å². The molecule has 0 aliphatic heterocycles. The number of likely N-dealkylation sites (N-methyl/N-ethyl adjacent to an activating group) is 1. The first-order valence-electron chi connectivity index (χ1n) is 8.78. The summed E-state index contributed by atoms with van der Waals surface area (Å²) in [4.78, 5) is 26.8. The van der Waals surface area contributed by atoms with Crippen LogP contribution in [0, 0.1) is 0 Å². The normalized spacial score (nSPS) is 11.0. The predicted octanol–water partition coefficient (Wildman–Crippen LogP) is 2.38. The van der Waals surface area contributed by atoms with Gasteiger partial charge in [0.1, 0.15) is 12.4 Å². The van der Waals surface area contributed by atoms with E-state index in [-0.39, 0.29) is 23.8 Å². The molecule has 146 valence electrons. The van der Waals surface area contributed by atoms with Gasteiger partial charge in [0.25, 0.3) is 11.5 Å². The van der Waals surface area contributed by atoms with Crippen LogP contribution in [0.1, 0.15) is 10.5 Å². The van der Waals surface area contributed by atoms with E-state index < -0.39 is 0 Å². The molecule has 0 fully saturated rings. The first-order valence-corrected chi connectivity index (χ1v) is 9.16. The van der Waals surface area contributed by atoms with E-state index in [1.165, 1.54) is 11.7 Å². The molecule has 0 saturated heterocycles. The molecule has 3 aromatic rings. The Morgan fingerprint density at radius 1 is 1.21 bits per heavy atom. The van der Waals surface area contributed by atoms with Gasteiger partial charge in [0, 0.05) is 24.0 Å². The fraction of sp³-hybridized carbons (Fsp3) is 0.250. The number of nitrogens with zero attached hydrogens (tertiary/aromatic N) is 3. The third kappa shape index (κ3) is 4.49. The summed E-state index contributed by atoms with van der Waals surface area (Å²) in [6.45, 7) is 1.21. The van der Waals surface area contributed by atoms with E-state index in [2.05, 4.69) is 10.4 Å². The lowest BCUT2D eigenvalue weighted by atomic mass is 10.1. The Bertz CT molecular complexity index is 1050. The average Bonchev–Trinajstić information content (AvgIpc) is 2.69. The quantitative estimate of drug-likeness (QED) is 0.659. The molecule has 1 amide bonds. The van der Waals surface area contributed by atoms with Crippen molar-refractivity contribution in [1.29, 1.82) is 0 Å². The van der Waals surface area contributed by atoms with Gasteiger partial charge in [-0.05, 0) is 31.3 Å². The van der Waals surface area contributed by atoms with Gasteiger partial charge in [0.2, 0.25) is 0 Å². The number of hydrogen-bond donors (Lipinski definition) is 1. The minimum Gasteiger partial charge on any atom is -0.492 e. The number of carbonyl (C=O) groups excluding carboxylic acids is 1. The number of rotatable bonds is 7. The van der Waals surface area contributed by atoms with Crippen LogP contribution in [0.15, 0.2) is 53.3 Å². The van der Waals surface area contributed by atoms with Gasteiger partial charge in [-0.25, -0.2) is 4.68 Å². The van der Waals surface area contributed by atoms with Crippen LogP contribution in [0.3, 0.4) is 0 Å². The largest absolute Gasteiger partial charge is 0.492 e. The van der Waals surface area contributed by atoms with Crippen LogP contribution in [0.25, 0.3) is 10.8 Å². The molecule has 0 unspecified atom stereocenters. The molecule has 1 heterocycles. The molecule has 0 atom stereocenters. The van der Waals surface area contributed by atoms with Crippen LogP contribution in [0.2, 0.25) is 5.02 Å². The monoisotopic (exact) mass is 400 g/mol. The highest BCUT2D eigenvalue weighted by molar-refractivity contribution is 6.30. The van der Waals surface area contributed by atoms with Gasteiger partial charge in [0.05, 0.1) is 12.1 Å². The van der Waals surface area contributed by atoms with Crippen LogP contribution in [0.4, 0.5) is 0 Å². The molecule has 0 aliphatic carbocycles. The minimum atomic E-state index is -0.336. The summed E-state index contributed by atoms with van der Waals surface area (Å²) >= 11 is 5.94. The van der Waals surface area contributed by atoms with Crippen molar-refractivity contribution in [2.24, 2.45) is 0 Å². The SMILES string of the molecule is CNC(=O)c1nn(CN(C)CCOc2cccc(Cl)c2)c(=O)c2ccccc12. The highest BCUT2D eigenvalue weighted by Gasteiger charge is 2.16. The van der Waals surface area contributed by atoms with Crippen molar-refractivity contribution in [2.75, 3.05) is 27.2 Å². The van der Waals surface area contributed by atoms with Gasteiger partial charge in [-0.2, -0.15) is 5.10 Å². The molecule has 1 aromatic heterocycles. The highest BCUT2D eigenvalue weighted by atomic mass is 35.5. The Morgan fingerprint density at radius 2 is 1.96 bits per heavy atom. The number of fused-ring (bicyclic) bond motifs is 1. The second kappa shape index (κ2) is 8.86. The van der Waals surface area contributed by atoms with Gasteiger partial charge >= 0.3 is 0 Å². The number of nitrogens with one attached hydrogen (secondary N) is 1. The number of aromatic nitrogens is 2. The molecule has 1 N–H and O–H groups in total. The zero-order chi connectivity index (χ0) is 20.1. The maximum atomic E-state index is 12.8. The van der Waals surface area contributed by atoms with Crippen molar-refractivity contribution in [2.45, 2.75) is 6.67 Å². The zero-order valence-electron chi connectivity index (χ0n) is 15.7. The number of benzene rings is 2. The Kier molecular flexibility index (Phi) is 6.28. The van der Waals surface area contributed by atoms with Crippen LogP contribution in [-0.2, 0) is 6.67 Å². The van der Waals surface area contributed by atoms with Crippen molar-refractivity contribution < 1.29 is 9.53 Å². The number of amides is 1. The minimum absolute atomic E-state index is 0.223. The van der Waals surface area contributed by atoms with Crippen molar-refractivity contribution in [3.63, 3.8) is 0 Å². The smallest absolute Gasteiger partial charge is 0.275 e. The number of hydrogen-bond acceptors (Lipinski definition) is 5. The maximum Gasteiger partial charge on any atom is 0.275 e. The Morgan fingerprint density at radius 3 is 2.68 bits per heavy atom. The van der Waals surface area contributed by atoms with Gasteiger partial charge in [-0.1, -0.05) is 35.9 Å². The molecule has 0 spiro atoms. The van der Waals surface area contributed by atoms with Gasteiger partial charge in [0.15, 0.2) is 5.69 Å². The predicted molar refractivity (Wildman–Crippen MR) is 109 cm³/mol. The van der Waals surface area contributed by atoms with Crippen molar-refractivity contribution >= 4 is 28.3 Å². The Balaban J connectivity index is 1.75. The standard InChI is InChI=1S/C20H21ClN4O3/c1-22-19(26)18-16-8-3-4-9-17(16)20(27)25(23-18)13-24(2)10-11-28-15-7-5-6-14(21)12-15/h3-9,12H,10-11,13H2,1-2H3,(H,22,26). The number of carbonyl (C=O) groups is 1. The molecule has 8 heteroatoms. The van der Waals surface area contributed by atoms with Crippen molar-refractivity contribution in [1.82, 2.24) is 20.0 Å². The lowest BCUT2D eigenvalue weighted by molar-refractivity contribution is 0.0955. The van der Waals surface area contributed by atoms with E-state index in [1.807, 2.05) is 24.1 Å². The molecule has 28 heavy (non-hydrogen) atoms. The lowest BCUT2D eigenvalue weighted by Gasteiger charge is -2.18. The Hall–Kier alpha value is -2.90. The molecule has 0 bridgehead atoms. The second-order valence-corrected chi connectivity index (χ2v) is 6.74. The van der Waals surface area contributed by atoms with Gasteiger partial charge in [-0.15, -0.1) is 0 Å². The van der Waals surface area contributed by atoms with Crippen LogP contribution in [-0.4, -0.2) is 47.8 Å². The third-order valence-electron chi connectivity index (χ3n) is 4.22. The summed E-state index contributed by atoms with van der Waals surface area (Å²) in [5.41, 5.74) is -0.0212. The van der Waals surface area contributed by atoms with Crippen LogP contribution < -0.4 is 15.6 Å². The van der Waals surface area contributed by atoms with Crippen molar-refractivity contribution in [3.8, 4) is 5.75 Å². The number of ether oxygens (including phenoxy) is 1. The lowest BCUT2D eigenvalue weighted by Crippen LogP contribution is -2.35. The molecule has 3 rings (SSSR count). The van der Waals surface area contributed by atoms with Crippen LogP contribution >= 0.6 is 11.6 Å². The maximum absolute atomic E-state index is 12.8. The summed E-state index contributed by atoms with van der Waals surface area (Å²) in [5.74, 6) is 0.348. The summed E-state index contributed by atoms with van der Waals surface area (Å²) in [5, 5.41) is 8.46. The van der Waals surface area contributed by atoms with Crippen molar-refractivity contribution in [3.05, 3.63) is 69.6 Å². The summed E-state index contributed by atoms with van der Waals surface area (Å²) in [6, 6.07) is 14.1. The molecular formula is C20H21ClN4O3. The van der Waals surface area contributed by atoms with Crippen LogP contribution in [0.5, 0.6) is 5.75 Å². The number of halogens is 1. The fourth-order valence-electron chi connectivity index (χ4n) is 2.79. The molecular weight excluding hydrogens is 380 g/mol. The molecule has 0 radical (unpaired) electrons. The van der Waals surface area contributed by atoms with E-state index in [0.29, 0.717) is 34.7 Å². The molecule has 0 aliphatic rings. The zero-order valence-corrected chi connectivity index (χ0v) is 16.4. The van der Waals surface area contributed by atoms with Gasteiger partial charge in [-0.3, -0.25) is 14.5 Å². The average molecular weight is 401 g/mol. The van der Waals surface area contributed by atoms with E-state index in [9.17, 15) is 9.59 Å². The first kappa shape index (κ1) is 19.9. The van der Waals surface area contributed by atoms with E-state index in [4.69, 9.17) is 16.3 Å². The summed E-state index contributed by atoms with van der Waals surface area (Å²) in [6.07, 6.45) is 0. The Labute approximate surface area is 167 Å². The highest BCUT2D eigenvalue weighted by Crippen LogP contribution is 2.17. The van der Waals surface area contributed by atoms with Gasteiger partial charge < -0.3 is 10.1 Å².